The number of hydrogen-bond donors (Lipinski definition) is 1. The highest BCUT2D eigenvalue weighted by atomic mass is 127. The molecule has 0 bridgehead atoms. The molecule has 3 heteroatoms. The maximum Gasteiger partial charge on any atom is 0.123 e. The minimum atomic E-state index is -0.591. The lowest BCUT2D eigenvalue weighted by molar-refractivity contribution is 0.220. The van der Waals surface area contributed by atoms with Gasteiger partial charge in [-0.25, -0.2) is 0 Å². The molecular weight excluding hydrogens is 363 g/mol. The Hall–Kier alpha value is -1.07. The molecule has 1 unspecified atom stereocenters. The first-order valence-electron chi connectivity index (χ1n) is 6.68. The van der Waals surface area contributed by atoms with Crippen molar-refractivity contribution in [3.05, 3.63) is 62.7 Å². The predicted octanol–water partition coefficient (Wildman–Crippen LogP) is 4.04. The summed E-state index contributed by atoms with van der Waals surface area (Å²) in [5.41, 5.74) is 3.04. The van der Waals surface area contributed by atoms with E-state index in [1.165, 1.54) is 5.56 Å². The summed E-state index contributed by atoms with van der Waals surface area (Å²) in [6.45, 7) is 5.03. The van der Waals surface area contributed by atoms with Crippen LogP contribution in [0.15, 0.2) is 42.5 Å². The molecule has 1 atom stereocenters. The monoisotopic (exact) mass is 380 g/mol. The Morgan fingerprint density at radius 3 is 2.65 bits per heavy atom. The van der Waals surface area contributed by atoms with Gasteiger partial charge in [0.25, 0.3) is 0 Å². The Labute approximate surface area is 132 Å². The molecule has 0 aromatic heterocycles. The van der Waals surface area contributed by atoms with Gasteiger partial charge in [0.15, 0.2) is 0 Å². The van der Waals surface area contributed by atoms with Crippen LogP contribution in [0.5, 0.6) is 5.75 Å². The van der Waals surface area contributed by atoms with Gasteiger partial charge in [-0.15, -0.1) is 0 Å². The lowest BCUT2D eigenvalue weighted by Crippen LogP contribution is -2.18. The first-order valence-corrected chi connectivity index (χ1v) is 7.76. The average Bonchev–Trinajstić information content (AvgIpc) is 2.73. The highest BCUT2D eigenvalue weighted by Gasteiger charge is 2.32. The van der Waals surface area contributed by atoms with Crippen LogP contribution in [0.25, 0.3) is 0 Å². The SMILES string of the molecule is CC1(C)COc2ccc(C(O)c3cccc(I)c3)cc21. The summed E-state index contributed by atoms with van der Waals surface area (Å²) in [6, 6.07) is 14.0. The molecule has 104 valence electrons. The summed E-state index contributed by atoms with van der Waals surface area (Å²) in [4.78, 5) is 0. The highest BCUT2D eigenvalue weighted by molar-refractivity contribution is 14.1. The van der Waals surface area contributed by atoms with Gasteiger partial charge in [-0.05, 0) is 58.0 Å². The van der Waals surface area contributed by atoms with Crippen LogP contribution in [-0.2, 0) is 5.41 Å². The summed E-state index contributed by atoms with van der Waals surface area (Å²) >= 11 is 2.26. The molecule has 0 spiro atoms. The largest absolute Gasteiger partial charge is 0.492 e. The molecule has 2 aromatic rings. The molecule has 0 aliphatic carbocycles. The smallest absolute Gasteiger partial charge is 0.123 e. The zero-order valence-corrected chi connectivity index (χ0v) is 13.7. The molecule has 0 radical (unpaired) electrons. The van der Waals surface area contributed by atoms with E-state index >= 15 is 0 Å². The first kappa shape index (κ1) is 13.9. The molecule has 1 heterocycles. The van der Waals surface area contributed by atoms with E-state index in [4.69, 9.17) is 4.74 Å². The average molecular weight is 380 g/mol. The van der Waals surface area contributed by atoms with Gasteiger partial charge in [-0.1, -0.05) is 32.0 Å². The zero-order chi connectivity index (χ0) is 14.3. The van der Waals surface area contributed by atoms with Gasteiger partial charge in [-0.2, -0.15) is 0 Å². The fraction of sp³-hybridized carbons (Fsp3) is 0.294. The van der Waals surface area contributed by atoms with Gasteiger partial charge in [0.05, 0.1) is 6.61 Å². The predicted molar refractivity (Wildman–Crippen MR) is 88.2 cm³/mol. The van der Waals surface area contributed by atoms with Gasteiger partial charge in [0.2, 0.25) is 0 Å². The van der Waals surface area contributed by atoms with Crippen molar-refractivity contribution in [1.29, 1.82) is 0 Å². The highest BCUT2D eigenvalue weighted by Crippen LogP contribution is 2.40. The summed E-state index contributed by atoms with van der Waals surface area (Å²) in [5, 5.41) is 10.6. The van der Waals surface area contributed by atoms with Gasteiger partial charge >= 0.3 is 0 Å². The number of halogens is 1. The zero-order valence-electron chi connectivity index (χ0n) is 11.6. The number of benzene rings is 2. The van der Waals surface area contributed by atoms with Crippen molar-refractivity contribution in [3.8, 4) is 5.75 Å². The van der Waals surface area contributed by atoms with Crippen molar-refractivity contribution in [2.75, 3.05) is 6.61 Å². The molecular formula is C17H17IO2. The van der Waals surface area contributed by atoms with Crippen LogP contribution in [0.3, 0.4) is 0 Å². The van der Waals surface area contributed by atoms with E-state index in [2.05, 4.69) is 42.5 Å². The van der Waals surface area contributed by atoms with E-state index < -0.39 is 6.10 Å². The van der Waals surface area contributed by atoms with Crippen LogP contribution in [-0.4, -0.2) is 11.7 Å². The van der Waals surface area contributed by atoms with Gasteiger partial charge in [0.1, 0.15) is 11.9 Å². The Bertz CT molecular complexity index is 649. The third-order valence-electron chi connectivity index (χ3n) is 3.80. The van der Waals surface area contributed by atoms with Crippen LogP contribution < -0.4 is 4.74 Å². The molecule has 0 fully saturated rings. The van der Waals surface area contributed by atoms with Gasteiger partial charge in [-0.3, -0.25) is 0 Å². The Balaban J connectivity index is 1.99. The van der Waals surface area contributed by atoms with Crippen LogP contribution in [0.4, 0.5) is 0 Å². The van der Waals surface area contributed by atoms with Crippen LogP contribution >= 0.6 is 22.6 Å². The van der Waals surface area contributed by atoms with Crippen LogP contribution in [0.1, 0.15) is 36.6 Å². The molecule has 20 heavy (non-hydrogen) atoms. The topological polar surface area (TPSA) is 29.5 Å². The van der Waals surface area contributed by atoms with E-state index in [1.807, 2.05) is 36.4 Å². The van der Waals surface area contributed by atoms with Crippen molar-refractivity contribution in [2.45, 2.75) is 25.4 Å². The summed E-state index contributed by atoms with van der Waals surface area (Å²) in [7, 11) is 0. The molecule has 1 aliphatic rings. The quantitative estimate of drug-likeness (QED) is 0.797. The maximum atomic E-state index is 10.6. The Morgan fingerprint density at radius 1 is 1.15 bits per heavy atom. The van der Waals surface area contributed by atoms with E-state index in [9.17, 15) is 5.11 Å². The van der Waals surface area contributed by atoms with Crippen molar-refractivity contribution in [3.63, 3.8) is 0 Å². The molecule has 0 amide bonds. The number of fused-ring (bicyclic) bond motifs is 1. The minimum absolute atomic E-state index is 0.0101. The number of aliphatic hydroxyl groups is 1. The standard InChI is InChI=1S/C17H17IO2/c1-17(2)10-20-15-7-6-12(9-14(15)17)16(19)11-4-3-5-13(18)8-11/h3-9,16,19H,10H2,1-2H3. The second-order valence-electron chi connectivity index (χ2n) is 5.89. The molecule has 2 nitrogen and oxygen atoms in total. The van der Waals surface area contributed by atoms with Gasteiger partial charge in [0, 0.05) is 14.5 Å². The van der Waals surface area contributed by atoms with Crippen molar-refractivity contribution >= 4 is 22.6 Å². The van der Waals surface area contributed by atoms with Crippen LogP contribution in [0.2, 0.25) is 0 Å². The second-order valence-corrected chi connectivity index (χ2v) is 7.13. The van der Waals surface area contributed by atoms with Crippen LogP contribution in [0, 0.1) is 3.57 Å². The molecule has 0 saturated carbocycles. The van der Waals surface area contributed by atoms with Crippen molar-refractivity contribution in [2.24, 2.45) is 0 Å². The fourth-order valence-corrected chi connectivity index (χ4v) is 3.14. The van der Waals surface area contributed by atoms with Crippen molar-refractivity contribution in [1.82, 2.24) is 0 Å². The van der Waals surface area contributed by atoms with E-state index in [1.54, 1.807) is 0 Å². The van der Waals surface area contributed by atoms with E-state index in [0.717, 1.165) is 20.4 Å². The van der Waals surface area contributed by atoms with Crippen molar-refractivity contribution < 1.29 is 9.84 Å². The first-order chi connectivity index (χ1) is 9.47. The summed E-state index contributed by atoms with van der Waals surface area (Å²) in [6.07, 6.45) is -0.591. The number of hydrogen-bond acceptors (Lipinski definition) is 2. The minimum Gasteiger partial charge on any atom is -0.492 e. The molecule has 3 rings (SSSR count). The summed E-state index contributed by atoms with van der Waals surface area (Å²) < 4.78 is 6.82. The maximum absolute atomic E-state index is 10.6. The molecule has 0 saturated heterocycles. The second kappa shape index (κ2) is 5.04. The van der Waals surface area contributed by atoms with Gasteiger partial charge < -0.3 is 9.84 Å². The third-order valence-corrected chi connectivity index (χ3v) is 4.47. The molecule has 1 aliphatic heterocycles. The normalized spacial score (nSPS) is 17.4. The van der Waals surface area contributed by atoms with E-state index in [0.29, 0.717) is 6.61 Å². The lowest BCUT2D eigenvalue weighted by atomic mass is 9.85. The lowest BCUT2D eigenvalue weighted by Gasteiger charge is -2.18. The van der Waals surface area contributed by atoms with E-state index in [-0.39, 0.29) is 5.41 Å². The third kappa shape index (κ3) is 2.44. The Kier molecular flexibility index (Phi) is 3.50. The number of rotatable bonds is 2. The molecule has 2 aromatic carbocycles. The Morgan fingerprint density at radius 2 is 1.90 bits per heavy atom. The number of ether oxygens (including phenoxy) is 1. The summed E-state index contributed by atoms with van der Waals surface area (Å²) in [5.74, 6) is 0.939. The molecule has 1 N–H and O–H groups in total. The fourth-order valence-electron chi connectivity index (χ4n) is 2.58. The number of aliphatic hydroxyl groups excluding tert-OH is 1.